The highest BCUT2D eigenvalue weighted by Gasteiger charge is 2.30. The molecule has 6 nitrogen and oxygen atoms in total. The highest BCUT2D eigenvalue weighted by atomic mass is 16.3. The fourth-order valence-corrected chi connectivity index (χ4v) is 3.32. The van der Waals surface area contributed by atoms with E-state index in [4.69, 9.17) is 5.73 Å². The lowest BCUT2D eigenvalue weighted by Crippen LogP contribution is -2.52. The van der Waals surface area contributed by atoms with Crippen molar-refractivity contribution < 1.29 is 14.7 Å². The lowest BCUT2D eigenvalue weighted by molar-refractivity contribution is -0.137. The smallest absolute Gasteiger partial charge is 0.253 e. The normalized spacial score (nSPS) is 16.7. The van der Waals surface area contributed by atoms with Crippen LogP contribution in [0.5, 0.6) is 5.75 Å². The molecule has 0 aliphatic carbocycles. The lowest BCUT2D eigenvalue weighted by Gasteiger charge is -2.37. The van der Waals surface area contributed by atoms with Gasteiger partial charge in [0.15, 0.2) is 0 Å². The summed E-state index contributed by atoms with van der Waals surface area (Å²) in [5, 5.41) is 9.34. The molecule has 142 valence electrons. The van der Waals surface area contributed by atoms with Crippen LogP contribution in [0.4, 0.5) is 0 Å². The Balaban J connectivity index is 1.57. The first-order chi connectivity index (χ1) is 13.0. The number of benzene rings is 2. The number of piperazine rings is 1. The highest BCUT2D eigenvalue weighted by Crippen LogP contribution is 2.22. The predicted octanol–water partition coefficient (Wildman–Crippen LogP) is 2.01. The number of phenolic OH excluding ortho intramolecular Hbond substituents is 1. The fourth-order valence-electron chi connectivity index (χ4n) is 3.32. The van der Waals surface area contributed by atoms with Crippen LogP contribution in [0.3, 0.4) is 0 Å². The Bertz CT molecular complexity index is 784. The monoisotopic (exact) mass is 367 g/mol. The summed E-state index contributed by atoms with van der Waals surface area (Å²) in [5.41, 5.74) is 7.76. The SMILES string of the molecule is CC(C(=O)N1CCN(C(=O)c2ccc(O)cc2)CC1)C(N)c1ccccc1. The maximum atomic E-state index is 12.8. The summed E-state index contributed by atoms with van der Waals surface area (Å²) < 4.78 is 0. The summed E-state index contributed by atoms with van der Waals surface area (Å²) >= 11 is 0. The molecule has 1 fully saturated rings. The van der Waals surface area contributed by atoms with E-state index in [0.717, 1.165) is 5.56 Å². The van der Waals surface area contributed by atoms with E-state index in [-0.39, 0.29) is 29.5 Å². The average molecular weight is 367 g/mol. The zero-order chi connectivity index (χ0) is 19.4. The summed E-state index contributed by atoms with van der Waals surface area (Å²) in [5.74, 6) is -0.267. The molecule has 2 aromatic carbocycles. The van der Waals surface area contributed by atoms with Gasteiger partial charge in [0, 0.05) is 37.8 Å². The summed E-state index contributed by atoms with van der Waals surface area (Å²) in [6.07, 6.45) is 0. The van der Waals surface area contributed by atoms with E-state index in [1.165, 1.54) is 12.1 Å². The zero-order valence-corrected chi connectivity index (χ0v) is 15.4. The van der Waals surface area contributed by atoms with E-state index < -0.39 is 0 Å². The van der Waals surface area contributed by atoms with E-state index in [2.05, 4.69) is 0 Å². The minimum Gasteiger partial charge on any atom is -0.508 e. The molecule has 0 saturated carbocycles. The Hall–Kier alpha value is -2.86. The van der Waals surface area contributed by atoms with Crippen LogP contribution < -0.4 is 5.73 Å². The van der Waals surface area contributed by atoms with Gasteiger partial charge in [-0.05, 0) is 29.8 Å². The molecule has 1 aliphatic heterocycles. The van der Waals surface area contributed by atoms with Crippen LogP contribution in [0.2, 0.25) is 0 Å². The van der Waals surface area contributed by atoms with Crippen molar-refractivity contribution in [2.24, 2.45) is 11.7 Å². The van der Waals surface area contributed by atoms with E-state index in [1.807, 2.05) is 37.3 Å². The molecule has 1 heterocycles. The number of phenols is 1. The van der Waals surface area contributed by atoms with Crippen LogP contribution in [0.15, 0.2) is 54.6 Å². The van der Waals surface area contributed by atoms with Crippen LogP contribution in [0, 0.1) is 5.92 Å². The summed E-state index contributed by atoms with van der Waals surface area (Å²) in [7, 11) is 0. The summed E-state index contributed by atoms with van der Waals surface area (Å²) in [6, 6.07) is 15.5. The van der Waals surface area contributed by atoms with Crippen molar-refractivity contribution in [2.75, 3.05) is 26.2 Å². The molecule has 3 rings (SSSR count). The van der Waals surface area contributed by atoms with Crippen LogP contribution in [0.1, 0.15) is 28.9 Å². The molecule has 1 saturated heterocycles. The molecule has 6 heteroatoms. The Morgan fingerprint density at radius 3 is 2.07 bits per heavy atom. The number of amides is 2. The van der Waals surface area contributed by atoms with Gasteiger partial charge >= 0.3 is 0 Å². The van der Waals surface area contributed by atoms with Crippen molar-refractivity contribution in [2.45, 2.75) is 13.0 Å². The minimum atomic E-state index is -0.352. The van der Waals surface area contributed by atoms with Gasteiger partial charge in [0.25, 0.3) is 5.91 Å². The molecule has 3 N–H and O–H groups in total. The van der Waals surface area contributed by atoms with Gasteiger partial charge in [-0.3, -0.25) is 9.59 Å². The second-order valence-electron chi connectivity index (χ2n) is 6.89. The van der Waals surface area contributed by atoms with Gasteiger partial charge in [-0.1, -0.05) is 37.3 Å². The van der Waals surface area contributed by atoms with E-state index in [0.29, 0.717) is 31.7 Å². The third kappa shape index (κ3) is 4.28. The van der Waals surface area contributed by atoms with Crippen LogP contribution >= 0.6 is 0 Å². The molecule has 2 atom stereocenters. The third-order valence-corrected chi connectivity index (χ3v) is 5.11. The topological polar surface area (TPSA) is 86.9 Å². The minimum absolute atomic E-state index is 0.0167. The summed E-state index contributed by atoms with van der Waals surface area (Å²) in [4.78, 5) is 28.9. The molecule has 0 spiro atoms. The van der Waals surface area contributed by atoms with Gasteiger partial charge in [0.2, 0.25) is 5.91 Å². The molecule has 0 aromatic heterocycles. The van der Waals surface area contributed by atoms with Gasteiger partial charge < -0.3 is 20.6 Å². The molecule has 2 aromatic rings. The average Bonchev–Trinajstić information content (AvgIpc) is 2.73. The van der Waals surface area contributed by atoms with Gasteiger partial charge in [-0.25, -0.2) is 0 Å². The number of carbonyl (C=O) groups is 2. The molecule has 1 aliphatic rings. The van der Waals surface area contributed by atoms with Crippen LogP contribution in [-0.4, -0.2) is 52.9 Å². The van der Waals surface area contributed by atoms with Crippen LogP contribution in [0.25, 0.3) is 0 Å². The van der Waals surface area contributed by atoms with E-state index >= 15 is 0 Å². The number of nitrogens with zero attached hydrogens (tertiary/aromatic N) is 2. The van der Waals surface area contributed by atoms with Gasteiger partial charge in [-0.15, -0.1) is 0 Å². The molecule has 27 heavy (non-hydrogen) atoms. The Labute approximate surface area is 159 Å². The quantitative estimate of drug-likeness (QED) is 0.865. The lowest BCUT2D eigenvalue weighted by atomic mass is 9.94. The second kappa shape index (κ2) is 8.22. The van der Waals surface area contributed by atoms with Crippen LogP contribution in [-0.2, 0) is 4.79 Å². The number of aromatic hydroxyl groups is 1. The van der Waals surface area contributed by atoms with Crippen molar-refractivity contribution in [3.8, 4) is 5.75 Å². The Morgan fingerprint density at radius 2 is 1.48 bits per heavy atom. The summed E-state index contributed by atoms with van der Waals surface area (Å²) in [6.45, 7) is 3.81. The fraction of sp³-hybridized carbons (Fsp3) is 0.333. The molecule has 2 amide bonds. The van der Waals surface area contributed by atoms with Crippen molar-refractivity contribution in [1.82, 2.24) is 9.80 Å². The van der Waals surface area contributed by atoms with Gasteiger partial charge in [-0.2, -0.15) is 0 Å². The maximum absolute atomic E-state index is 12.8. The number of carbonyl (C=O) groups excluding carboxylic acids is 2. The van der Waals surface area contributed by atoms with Crippen molar-refractivity contribution in [1.29, 1.82) is 0 Å². The first-order valence-electron chi connectivity index (χ1n) is 9.15. The molecular weight excluding hydrogens is 342 g/mol. The number of hydrogen-bond donors (Lipinski definition) is 2. The van der Waals surface area contributed by atoms with Gasteiger partial charge in [0.05, 0.1) is 5.92 Å². The Kier molecular flexibility index (Phi) is 5.76. The van der Waals surface area contributed by atoms with Crippen molar-refractivity contribution in [3.05, 3.63) is 65.7 Å². The zero-order valence-electron chi connectivity index (χ0n) is 15.4. The first kappa shape index (κ1) is 18.9. The largest absolute Gasteiger partial charge is 0.508 e. The highest BCUT2D eigenvalue weighted by molar-refractivity contribution is 5.94. The molecule has 0 bridgehead atoms. The van der Waals surface area contributed by atoms with E-state index in [9.17, 15) is 14.7 Å². The standard InChI is InChI=1S/C21H25N3O3/c1-15(19(22)16-5-3-2-4-6-16)20(26)23-11-13-24(14-12-23)21(27)17-7-9-18(25)10-8-17/h2-10,15,19,25H,11-14,22H2,1H3. The molecule has 0 radical (unpaired) electrons. The molecule has 2 unspecified atom stereocenters. The Morgan fingerprint density at radius 1 is 0.926 bits per heavy atom. The number of rotatable bonds is 4. The van der Waals surface area contributed by atoms with E-state index in [1.54, 1.807) is 21.9 Å². The maximum Gasteiger partial charge on any atom is 0.253 e. The third-order valence-electron chi connectivity index (χ3n) is 5.11. The molecular formula is C21H25N3O3. The number of hydrogen-bond acceptors (Lipinski definition) is 4. The first-order valence-corrected chi connectivity index (χ1v) is 9.15. The second-order valence-corrected chi connectivity index (χ2v) is 6.89. The van der Waals surface area contributed by atoms with Crippen molar-refractivity contribution in [3.63, 3.8) is 0 Å². The van der Waals surface area contributed by atoms with Gasteiger partial charge in [0.1, 0.15) is 5.75 Å². The van der Waals surface area contributed by atoms with Crippen molar-refractivity contribution >= 4 is 11.8 Å². The number of nitrogens with two attached hydrogens (primary N) is 1. The predicted molar refractivity (Wildman–Crippen MR) is 103 cm³/mol.